The lowest BCUT2D eigenvalue weighted by Crippen LogP contribution is -2.55. The van der Waals surface area contributed by atoms with E-state index in [0.29, 0.717) is 6.42 Å². The molecule has 118 valence electrons. The van der Waals surface area contributed by atoms with Gasteiger partial charge in [0.15, 0.2) is 0 Å². The second-order valence-electron chi connectivity index (χ2n) is 4.64. The van der Waals surface area contributed by atoms with Crippen LogP contribution >= 0.6 is 0 Å². The molecule has 1 amide bonds. The molecule has 0 fully saturated rings. The molecule has 0 radical (unpaired) electrons. The van der Waals surface area contributed by atoms with E-state index >= 15 is 0 Å². The highest BCUT2D eigenvalue weighted by Crippen LogP contribution is 2.09. The van der Waals surface area contributed by atoms with Crippen LogP contribution in [-0.4, -0.2) is 49.8 Å². The minimum atomic E-state index is -3.77. The number of nitrogens with one attached hydrogen (secondary N) is 2. The fraction of sp³-hybridized carbons (Fsp3) is 0.462. The van der Waals surface area contributed by atoms with Crippen LogP contribution in [0.25, 0.3) is 0 Å². The van der Waals surface area contributed by atoms with Crippen molar-refractivity contribution in [3.05, 3.63) is 30.3 Å². The summed E-state index contributed by atoms with van der Waals surface area (Å²) < 4.78 is 26.0. The SMILES string of the molecule is CCC(CO)(CO)NC(=O)CNS(=O)(=O)c1ccccc1. The van der Waals surface area contributed by atoms with Crippen molar-refractivity contribution in [2.24, 2.45) is 0 Å². The molecule has 0 saturated heterocycles. The Morgan fingerprint density at radius 3 is 2.24 bits per heavy atom. The number of amides is 1. The molecule has 0 spiro atoms. The molecule has 0 heterocycles. The number of aliphatic hydroxyl groups is 2. The molecular formula is C13H20N2O5S. The van der Waals surface area contributed by atoms with Crippen LogP contribution in [0.4, 0.5) is 0 Å². The zero-order chi connectivity index (χ0) is 15.9. The van der Waals surface area contributed by atoms with Crippen molar-refractivity contribution in [1.29, 1.82) is 0 Å². The molecule has 0 unspecified atom stereocenters. The molecule has 7 nitrogen and oxygen atoms in total. The van der Waals surface area contributed by atoms with Gasteiger partial charge in [0, 0.05) is 0 Å². The number of carbonyl (C=O) groups excluding carboxylic acids is 1. The Labute approximate surface area is 124 Å². The predicted molar refractivity (Wildman–Crippen MR) is 77.0 cm³/mol. The quantitative estimate of drug-likeness (QED) is 0.502. The van der Waals surface area contributed by atoms with Gasteiger partial charge in [0.25, 0.3) is 0 Å². The Balaban J connectivity index is 2.65. The summed E-state index contributed by atoms with van der Waals surface area (Å²) in [6.45, 7) is 0.355. The molecule has 0 aliphatic rings. The molecular weight excluding hydrogens is 296 g/mol. The smallest absolute Gasteiger partial charge is 0.241 e. The van der Waals surface area contributed by atoms with Crippen molar-refractivity contribution in [3.8, 4) is 0 Å². The highest BCUT2D eigenvalue weighted by Gasteiger charge is 2.28. The number of hydrogen-bond donors (Lipinski definition) is 4. The van der Waals surface area contributed by atoms with Crippen LogP contribution in [0.5, 0.6) is 0 Å². The first-order valence-corrected chi connectivity index (χ1v) is 7.95. The van der Waals surface area contributed by atoms with Gasteiger partial charge in [-0.1, -0.05) is 25.1 Å². The second-order valence-corrected chi connectivity index (χ2v) is 6.40. The number of benzene rings is 1. The summed E-state index contributed by atoms with van der Waals surface area (Å²) in [5.41, 5.74) is -1.14. The summed E-state index contributed by atoms with van der Waals surface area (Å²) in [7, 11) is -3.77. The first kappa shape index (κ1) is 17.6. The third-order valence-electron chi connectivity index (χ3n) is 3.16. The highest BCUT2D eigenvalue weighted by atomic mass is 32.2. The Hall–Kier alpha value is -1.48. The van der Waals surface area contributed by atoms with Gasteiger partial charge >= 0.3 is 0 Å². The molecule has 1 rings (SSSR count). The first-order valence-electron chi connectivity index (χ1n) is 6.46. The standard InChI is InChI=1S/C13H20N2O5S/c1-2-13(9-16,10-17)15-12(18)8-14-21(19,20)11-6-4-3-5-7-11/h3-7,14,16-17H,2,8-10H2,1H3,(H,15,18). The highest BCUT2D eigenvalue weighted by molar-refractivity contribution is 7.89. The van der Waals surface area contributed by atoms with Gasteiger partial charge in [-0.25, -0.2) is 13.1 Å². The summed E-state index contributed by atoms with van der Waals surface area (Å²) in [5, 5.41) is 20.9. The fourth-order valence-corrected chi connectivity index (χ4v) is 2.63. The lowest BCUT2D eigenvalue weighted by Gasteiger charge is -2.29. The van der Waals surface area contributed by atoms with Gasteiger partial charge in [0.05, 0.1) is 30.2 Å². The zero-order valence-corrected chi connectivity index (χ0v) is 12.6. The predicted octanol–water partition coefficient (Wildman–Crippen LogP) is -0.785. The van der Waals surface area contributed by atoms with Crippen LogP contribution < -0.4 is 10.0 Å². The molecule has 21 heavy (non-hydrogen) atoms. The van der Waals surface area contributed by atoms with E-state index in [-0.39, 0.29) is 4.90 Å². The largest absolute Gasteiger partial charge is 0.394 e. The Morgan fingerprint density at radius 2 is 1.76 bits per heavy atom. The van der Waals surface area contributed by atoms with Crippen molar-refractivity contribution in [2.75, 3.05) is 19.8 Å². The summed E-state index contributed by atoms with van der Waals surface area (Å²) in [4.78, 5) is 11.8. The minimum Gasteiger partial charge on any atom is -0.394 e. The van der Waals surface area contributed by atoms with Gasteiger partial charge in [-0.3, -0.25) is 4.79 Å². The van der Waals surface area contributed by atoms with Crippen molar-refractivity contribution in [1.82, 2.24) is 10.0 Å². The number of sulfonamides is 1. The lowest BCUT2D eigenvalue weighted by molar-refractivity contribution is -0.123. The normalized spacial score (nSPS) is 12.1. The summed E-state index contributed by atoms with van der Waals surface area (Å²) in [6, 6.07) is 7.67. The molecule has 0 aliphatic carbocycles. The van der Waals surface area contributed by atoms with E-state index in [1.165, 1.54) is 12.1 Å². The molecule has 0 aromatic heterocycles. The fourth-order valence-electron chi connectivity index (χ4n) is 1.62. The van der Waals surface area contributed by atoms with Crippen molar-refractivity contribution in [2.45, 2.75) is 23.8 Å². The topological polar surface area (TPSA) is 116 Å². The monoisotopic (exact) mass is 316 g/mol. The third-order valence-corrected chi connectivity index (χ3v) is 4.58. The maximum Gasteiger partial charge on any atom is 0.241 e. The average molecular weight is 316 g/mol. The molecule has 0 saturated carbocycles. The van der Waals surface area contributed by atoms with Gasteiger partial charge in [-0.2, -0.15) is 0 Å². The number of hydrogen-bond acceptors (Lipinski definition) is 5. The van der Waals surface area contributed by atoms with Crippen LogP contribution in [0.15, 0.2) is 35.2 Å². The van der Waals surface area contributed by atoms with E-state index in [4.69, 9.17) is 0 Å². The van der Waals surface area contributed by atoms with Crippen molar-refractivity contribution >= 4 is 15.9 Å². The van der Waals surface area contributed by atoms with Crippen LogP contribution in [0.3, 0.4) is 0 Å². The van der Waals surface area contributed by atoms with Crippen molar-refractivity contribution < 1.29 is 23.4 Å². The van der Waals surface area contributed by atoms with E-state index in [1.54, 1.807) is 25.1 Å². The molecule has 0 bridgehead atoms. The molecule has 4 N–H and O–H groups in total. The van der Waals surface area contributed by atoms with E-state index in [0.717, 1.165) is 0 Å². The first-order chi connectivity index (χ1) is 9.89. The number of rotatable bonds is 8. The van der Waals surface area contributed by atoms with Crippen LogP contribution in [0.1, 0.15) is 13.3 Å². The molecule has 1 aromatic carbocycles. The van der Waals surface area contributed by atoms with Gasteiger partial charge in [-0.15, -0.1) is 0 Å². The molecule has 8 heteroatoms. The van der Waals surface area contributed by atoms with Crippen LogP contribution in [0, 0.1) is 0 Å². The van der Waals surface area contributed by atoms with E-state index in [1.807, 2.05) is 0 Å². The summed E-state index contributed by atoms with van der Waals surface area (Å²) in [5.74, 6) is -0.626. The van der Waals surface area contributed by atoms with E-state index in [2.05, 4.69) is 10.0 Å². The van der Waals surface area contributed by atoms with Gasteiger partial charge in [0.2, 0.25) is 15.9 Å². The second kappa shape index (κ2) is 7.51. The average Bonchev–Trinajstić information content (AvgIpc) is 2.52. The lowest BCUT2D eigenvalue weighted by atomic mass is 9.98. The Bertz CT molecular complexity index is 547. The van der Waals surface area contributed by atoms with E-state index < -0.39 is 41.2 Å². The molecule has 0 atom stereocenters. The molecule has 0 aliphatic heterocycles. The Morgan fingerprint density at radius 1 is 1.19 bits per heavy atom. The maximum absolute atomic E-state index is 11.9. The Kier molecular flexibility index (Phi) is 6.28. The minimum absolute atomic E-state index is 0.0591. The third kappa shape index (κ3) is 4.78. The van der Waals surface area contributed by atoms with E-state index in [9.17, 15) is 23.4 Å². The van der Waals surface area contributed by atoms with Gasteiger partial charge < -0.3 is 15.5 Å². The van der Waals surface area contributed by atoms with Gasteiger partial charge in [0.1, 0.15) is 0 Å². The summed E-state index contributed by atoms with van der Waals surface area (Å²) >= 11 is 0. The van der Waals surface area contributed by atoms with Crippen LogP contribution in [0.2, 0.25) is 0 Å². The maximum atomic E-state index is 11.9. The van der Waals surface area contributed by atoms with Gasteiger partial charge in [-0.05, 0) is 18.6 Å². The number of aliphatic hydroxyl groups excluding tert-OH is 2. The van der Waals surface area contributed by atoms with Crippen LogP contribution in [-0.2, 0) is 14.8 Å². The summed E-state index contributed by atoms with van der Waals surface area (Å²) in [6.07, 6.45) is 0.317. The molecule has 1 aromatic rings. The van der Waals surface area contributed by atoms with Crippen molar-refractivity contribution in [3.63, 3.8) is 0 Å². The zero-order valence-electron chi connectivity index (χ0n) is 11.7. The number of carbonyl (C=O) groups is 1.